The molecule has 4 rings (SSSR count). The highest BCUT2D eigenvalue weighted by molar-refractivity contribution is 5.70. The van der Waals surface area contributed by atoms with Crippen molar-refractivity contribution in [3.05, 3.63) is 0 Å². The number of fused-ring (bicyclic) bond motifs is 5. The maximum Gasteiger partial charge on any atom is 0.306 e. The summed E-state index contributed by atoms with van der Waals surface area (Å²) < 4.78 is 5.34. The first-order valence-corrected chi connectivity index (χ1v) is 9.44. The van der Waals surface area contributed by atoms with Gasteiger partial charge in [0.25, 0.3) is 0 Å². The Hall–Kier alpha value is -0.650. The second-order valence-electron chi connectivity index (χ2n) is 9.42. The fourth-order valence-corrected chi connectivity index (χ4v) is 6.72. The Labute approximate surface area is 143 Å². The van der Waals surface area contributed by atoms with E-state index in [0.717, 1.165) is 19.3 Å². The standard InChI is InChI=1S/C19H30O5/c1-17-5-4-13-12(14(17)8-16(22)24-10-17)7-15(21)19(23)9-11(20)3-6-18(13,19)2/h11-15,20-21,23H,3-10H2,1-2H3/t11-,12+,13-,14-,15+,17+,18+,19-/m0/s1. The Bertz CT molecular complexity index is 550. The first-order chi connectivity index (χ1) is 11.2. The number of esters is 1. The molecule has 5 nitrogen and oxygen atoms in total. The monoisotopic (exact) mass is 338 g/mol. The highest BCUT2D eigenvalue weighted by atomic mass is 16.5. The zero-order chi connectivity index (χ0) is 17.3. The number of aliphatic hydroxyl groups is 3. The molecule has 3 aliphatic carbocycles. The molecule has 0 spiro atoms. The lowest BCUT2D eigenvalue weighted by Crippen LogP contribution is -2.69. The summed E-state index contributed by atoms with van der Waals surface area (Å²) >= 11 is 0. The van der Waals surface area contributed by atoms with Crippen LogP contribution < -0.4 is 0 Å². The quantitative estimate of drug-likeness (QED) is 0.584. The Balaban J connectivity index is 1.71. The van der Waals surface area contributed by atoms with Gasteiger partial charge in [0.1, 0.15) is 0 Å². The number of hydrogen-bond acceptors (Lipinski definition) is 5. The van der Waals surface area contributed by atoms with E-state index < -0.39 is 23.2 Å². The van der Waals surface area contributed by atoms with Gasteiger partial charge in [-0.25, -0.2) is 0 Å². The molecule has 0 aromatic heterocycles. The van der Waals surface area contributed by atoms with Crippen molar-refractivity contribution in [3.8, 4) is 0 Å². The van der Waals surface area contributed by atoms with Crippen molar-refractivity contribution in [3.63, 3.8) is 0 Å². The summed E-state index contributed by atoms with van der Waals surface area (Å²) in [6.45, 7) is 4.79. The van der Waals surface area contributed by atoms with Crippen molar-refractivity contribution in [2.45, 2.75) is 76.6 Å². The van der Waals surface area contributed by atoms with E-state index in [4.69, 9.17) is 4.74 Å². The van der Waals surface area contributed by atoms with Crippen LogP contribution in [0.2, 0.25) is 0 Å². The fraction of sp³-hybridized carbons (Fsp3) is 0.947. The summed E-state index contributed by atoms with van der Waals surface area (Å²) in [5, 5.41) is 32.3. The van der Waals surface area contributed by atoms with E-state index in [9.17, 15) is 20.1 Å². The lowest BCUT2D eigenvalue weighted by Gasteiger charge is -2.65. The Kier molecular flexibility index (Phi) is 3.63. The van der Waals surface area contributed by atoms with Crippen molar-refractivity contribution in [2.24, 2.45) is 28.6 Å². The Morgan fingerprint density at radius 1 is 1.12 bits per heavy atom. The van der Waals surface area contributed by atoms with E-state index in [-0.39, 0.29) is 29.6 Å². The van der Waals surface area contributed by atoms with Crippen LogP contribution in [0.25, 0.3) is 0 Å². The minimum Gasteiger partial charge on any atom is -0.465 e. The molecule has 0 bridgehead atoms. The lowest BCUT2D eigenvalue weighted by atomic mass is 9.42. The molecule has 4 aliphatic rings. The topological polar surface area (TPSA) is 87.0 Å². The van der Waals surface area contributed by atoms with Crippen LogP contribution in [0.5, 0.6) is 0 Å². The van der Waals surface area contributed by atoms with Crippen molar-refractivity contribution in [1.29, 1.82) is 0 Å². The van der Waals surface area contributed by atoms with Crippen LogP contribution in [0.15, 0.2) is 0 Å². The van der Waals surface area contributed by atoms with Gasteiger partial charge in [0.05, 0.1) is 24.4 Å². The van der Waals surface area contributed by atoms with Gasteiger partial charge >= 0.3 is 5.97 Å². The molecule has 0 unspecified atom stereocenters. The molecule has 0 radical (unpaired) electrons. The predicted molar refractivity (Wildman–Crippen MR) is 86.9 cm³/mol. The average molecular weight is 338 g/mol. The molecule has 5 heteroatoms. The fourth-order valence-electron chi connectivity index (χ4n) is 6.72. The van der Waals surface area contributed by atoms with Crippen LogP contribution >= 0.6 is 0 Å². The minimum absolute atomic E-state index is 0.00517. The molecule has 0 aromatic carbocycles. The van der Waals surface area contributed by atoms with Crippen LogP contribution in [0.3, 0.4) is 0 Å². The molecule has 4 fully saturated rings. The van der Waals surface area contributed by atoms with Gasteiger partial charge in [-0.1, -0.05) is 13.8 Å². The Morgan fingerprint density at radius 2 is 1.88 bits per heavy atom. The third-order valence-corrected chi connectivity index (χ3v) is 8.30. The van der Waals surface area contributed by atoms with Crippen LogP contribution in [0.1, 0.15) is 58.8 Å². The van der Waals surface area contributed by atoms with E-state index in [2.05, 4.69) is 13.8 Å². The highest BCUT2D eigenvalue weighted by Gasteiger charge is 2.66. The minimum atomic E-state index is -1.21. The molecule has 1 heterocycles. The summed E-state index contributed by atoms with van der Waals surface area (Å²) in [6.07, 6.45) is 3.26. The van der Waals surface area contributed by atoms with Crippen molar-refractivity contribution >= 4 is 5.97 Å². The van der Waals surface area contributed by atoms with Crippen LogP contribution in [0.4, 0.5) is 0 Å². The van der Waals surface area contributed by atoms with E-state index in [0.29, 0.717) is 31.8 Å². The van der Waals surface area contributed by atoms with E-state index in [1.807, 2.05) is 0 Å². The number of rotatable bonds is 0. The number of aliphatic hydroxyl groups excluding tert-OH is 2. The maximum atomic E-state index is 11.9. The van der Waals surface area contributed by atoms with Crippen LogP contribution in [-0.2, 0) is 9.53 Å². The van der Waals surface area contributed by atoms with Gasteiger partial charge in [0, 0.05) is 23.7 Å². The molecule has 1 saturated heterocycles. The molecule has 8 atom stereocenters. The normalized spacial score (nSPS) is 57.4. The SMILES string of the molecule is C[C@]12CC[C@H]3[C@@H](C[C@@H](O)[C@@]4(O)C[C@@H](O)CC[C@]34C)[C@@H]1CC(=O)OC2. The number of carbonyl (C=O) groups excluding carboxylic acids is 1. The summed E-state index contributed by atoms with van der Waals surface area (Å²) in [6, 6.07) is 0. The first kappa shape index (κ1) is 16.8. The summed E-state index contributed by atoms with van der Waals surface area (Å²) in [4.78, 5) is 11.9. The van der Waals surface area contributed by atoms with Crippen molar-refractivity contribution < 1.29 is 24.9 Å². The number of cyclic esters (lactones) is 1. The van der Waals surface area contributed by atoms with Gasteiger partial charge in [0.2, 0.25) is 0 Å². The van der Waals surface area contributed by atoms with Gasteiger partial charge in [0.15, 0.2) is 0 Å². The van der Waals surface area contributed by atoms with Gasteiger partial charge in [-0.2, -0.15) is 0 Å². The molecular weight excluding hydrogens is 308 g/mol. The molecule has 0 aromatic rings. The third kappa shape index (κ3) is 2.07. The second kappa shape index (κ2) is 5.18. The molecule has 3 saturated carbocycles. The van der Waals surface area contributed by atoms with Crippen LogP contribution in [0, 0.1) is 28.6 Å². The van der Waals surface area contributed by atoms with Gasteiger partial charge < -0.3 is 20.1 Å². The first-order valence-electron chi connectivity index (χ1n) is 9.44. The van der Waals surface area contributed by atoms with Crippen molar-refractivity contribution in [1.82, 2.24) is 0 Å². The second-order valence-corrected chi connectivity index (χ2v) is 9.42. The Morgan fingerprint density at radius 3 is 2.62 bits per heavy atom. The maximum absolute atomic E-state index is 11.9. The molecule has 136 valence electrons. The molecule has 3 N–H and O–H groups in total. The summed E-state index contributed by atoms with van der Waals surface area (Å²) in [5.74, 6) is 0.632. The lowest BCUT2D eigenvalue weighted by molar-refractivity contribution is -0.269. The van der Waals surface area contributed by atoms with E-state index in [1.165, 1.54) is 0 Å². The zero-order valence-corrected chi connectivity index (χ0v) is 14.7. The molecule has 24 heavy (non-hydrogen) atoms. The number of hydrogen-bond donors (Lipinski definition) is 3. The zero-order valence-electron chi connectivity index (χ0n) is 14.7. The van der Waals surface area contributed by atoms with Gasteiger partial charge in [-0.3, -0.25) is 4.79 Å². The molecule has 0 amide bonds. The van der Waals surface area contributed by atoms with Crippen molar-refractivity contribution in [2.75, 3.05) is 6.61 Å². The predicted octanol–water partition coefficient (Wildman–Crippen LogP) is 1.63. The highest BCUT2D eigenvalue weighted by Crippen LogP contribution is 2.65. The molecule has 1 aliphatic heterocycles. The largest absolute Gasteiger partial charge is 0.465 e. The van der Waals surface area contributed by atoms with E-state index in [1.54, 1.807) is 0 Å². The van der Waals surface area contributed by atoms with Gasteiger partial charge in [-0.15, -0.1) is 0 Å². The summed E-state index contributed by atoms with van der Waals surface area (Å²) in [7, 11) is 0. The third-order valence-electron chi connectivity index (χ3n) is 8.30. The number of carbonyl (C=O) groups is 1. The summed E-state index contributed by atoms with van der Waals surface area (Å²) in [5.41, 5.74) is -1.61. The van der Waals surface area contributed by atoms with Gasteiger partial charge in [-0.05, 0) is 49.9 Å². The molecular formula is C19H30O5. The average Bonchev–Trinajstić information content (AvgIpc) is 2.51. The smallest absolute Gasteiger partial charge is 0.306 e. The number of ether oxygens (including phenoxy) is 1. The van der Waals surface area contributed by atoms with E-state index >= 15 is 0 Å². The van der Waals surface area contributed by atoms with Crippen LogP contribution in [-0.4, -0.2) is 45.7 Å².